The van der Waals surface area contributed by atoms with E-state index in [9.17, 15) is 0 Å². The van der Waals surface area contributed by atoms with Crippen LogP contribution in [0.4, 0.5) is 51.2 Å². The zero-order chi connectivity index (χ0) is 88.1. The summed E-state index contributed by atoms with van der Waals surface area (Å²) in [6.45, 7) is 14.0. The summed E-state index contributed by atoms with van der Waals surface area (Å²) in [5.41, 5.74) is 38.4. The molecule has 25 rings (SSSR count). The van der Waals surface area contributed by atoms with Gasteiger partial charge in [0, 0.05) is 106 Å². The number of pyridine rings is 2. The summed E-state index contributed by atoms with van der Waals surface area (Å²) in [5, 5.41) is 9.72. The minimum Gasteiger partial charge on any atom is -0.310 e. The number of hydrogen-bond acceptors (Lipinski definition) is 5. The third kappa shape index (κ3) is 14.0. The van der Waals surface area contributed by atoms with Crippen LogP contribution in [0.25, 0.3) is 138 Å². The van der Waals surface area contributed by atoms with E-state index in [4.69, 9.17) is 9.97 Å². The lowest BCUT2D eigenvalue weighted by Gasteiger charge is -2.28. The molecule has 131 heavy (non-hydrogen) atoms. The third-order valence-electron chi connectivity index (χ3n) is 27.6. The van der Waals surface area contributed by atoms with Crippen molar-refractivity contribution in [1.82, 2.24) is 14.5 Å². The lowest BCUT2D eigenvalue weighted by molar-refractivity contribution is 0.660. The highest BCUT2D eigenvalue weighted by Crippen LogP contribution is 2.55. The molecule has 0 amide bonds. The molecule has 0 radical (unpaired) electrons. The molecule has 0 unspecified atom stereocenters. The van der Waals surface area contributed by atoms with Crippen LogP contribution in [-0.4, -0.2) is 14.5 Å². The molecule has 0 saturated heterocycles. The molecule has 0 spiro atoms. The van der Waals surface area contributed by atoms with E-state index in [1.807, 2.05) is 0 Å². The van der Waals surface area contributed by atoms with Crippen molar-refractivity contribution < 1.29 is 0 Å². The Balaban J connectivity index is 0.000000112. The fraction of sp³-hybridized carbons (Fsp3) is 0.0720. The van der Waals surface area contributed by atoms with Gasteiger partial charge in [-0.2, -0.15) is 0 Å². The van der Waals surface area contributed by atoms with Crippen molar-refractivity contribution in [3.63, 3.8) is 0 Å². The number of hydrogen-bond donors (Lipinski definition) is 0. The highest BCUT2D eigenvalue weighted by Gasteiger charge is 2.39. The molecule has 0 fully saturated rings. The van der Waals surface area contributed by atoms with Crippen LogP contribution >= 0.6 is 0 Å². The van der Waals surface area contributed by atoms with Crippen molar-refractivity contribution in [2.75, 3.05) is 14.7 Å². The molecule has 624 valence electrons. The van der Waals surface area contributed by atoms with Gasteiger partial charge in [0.2, 0.25) is 0 Å². The second-order valence-electron chi connectivity index (χ2n) is 36.4. The molecular formula is C125H94N6. The van der Waals surface area contributed by atoms with Crippen LogP contribution in [0.15, 0.2) is 461 Å². The summed E-state index contributed by atoms with van der Waals surface area (Å²) < 4.78 is 2.42. The van der Waals surface area contributed by atoms with Gasteiger partial charge in [0.05, 0.1) is 33.5 Å². The van der Waals surface area contributed by atoms with E-state index >= 15 is 0 Å². The predicted molar refractivity (Wildman–Crippen MR) is 552 cm³/mol. The summed E-state index contributed by atoms with van der Waals surface area (Å²) in [4.78, 5) is 17.5. The van der Waals surface area contributed by atoms with Gasteiger partial charge in [-0.15, -0.1) is 0 Å². The molecule has 0 N–H and O–H groups in total. The maximum atomic E-state index is 5.28. The average molecular weight is 1680 g/mol. The highest BCUT2D eigenvalue weighted by atomic mass is 15.2. The Bertz CT molecular complexity index is 7750. The highest BCUT2D eigenvalue weighted by molar-refractivity contribution is 6.10. The normalized spacial score (nSPS) is 13.1. The molecular weight excluding hydrogens is 1590 g/mol. The molecule has 0 atom stereocenters. The number of fused-ring (bicyclic) bond motifs is 17. The standard InChI is InChI=1S/C44H32N2.C42H32N2.C39H30N2/c1-3-15-39(16-4-1)45(43-29-23-33-11-7-9-13-37(33)31-43)41-25-19-35(20-26-41)36-21-27-42(28-22-36)46(40-17-5-2-6-18-40)44-30-24-34-12-8-10-14-38(34)32-44;1-41(2)33-11-7-5-9-29(33)31-19-15-27(23-35(31)41)37-21-17-25-13-14-26-18-22-38(44-40(26)39(25)43-37)28-16-20-32-30-10-6-8-12-34(30)42(3,4)36(32)24-28;1-39(2)35-25-29(40(27-13-5-3-6-14-27)28-15-7-4-8-16-28)21-23-31(35)32-24-22-30(26-36(32)39)41-37-19-11-9-17-33(37)34-18-10-12-20-38(34)41/h1-32H;5-24H,1-4H3;3-26H,1-2H3. The minimum atomic E-state index is -0.144. The number of rotatable bonds is 13. The van der Waals surface area contributed by atoms with Gasteiger partial charge in [0.25, 0.3) is 0 Å². The van der Waals surface area contributed by atoms with E-state index in [-0.39, 0.29) is 16.2 Å². The smallest absolute Gasteiger partial charge is 0.0972 e. The van der Waals surface area contributed by atoms with Crippen molar-refractivity contribution in [2.24, 2.45) is 0 Å². The van der Waals surface area contributed by atoms with E-state index < -0.39 is 0 Å². The Labute approximate surface area is 765 Å². The fourth-order valence-electron chi connectivity index (χ4n) is 20.9. The first-order valence-electron chi connectivity index (χ1n) is 45.5. The zero-order valence-electron chi connectivity index (χ0n) is 74.1. The Morgan fingerprint density at radius 3 is 0.901 bits per heavy atom. The van der Waals surface area contributed by atoms with Gasteiger partial charge in [-0.1, -0.05) is 345 Å². The fourth-order valence-corrected chi connectivity index (χ4v) is 20.9. The molecule has 3 aromatic heterocycles. The zero-order valence-corrected chi connectivity index (χ0v) is 74.1. The molecule has 19 aromatic carbocycles. The van der Waals surface area contributed by atoms with Crippen LogP contribution in [-0.2, 0) is 16.2 Å². The van der Waals surface area contributed by atoms with Crippen molar-refractivity contribution in [3.8, 4) is 72.7 Å². The predicted octanol–water partition coefficient (Wildman–Crippen LogP) is 33.9. The monoisotopic (exact) mass is 1680 g/mol. The van der Waals surface area contributed by atoms with Crippen LogP contribution in [0.5, 0.6) is 0 Å². The average Bonchev–Trinajstić information content (AvgIpc) is 1.53. The largest absolute Gasteiger partial charge is 0.310 e. The van der Waals surface area contributed by atoms with Gasteiger partial charge in [-0.25, -0.2) is 9.97 Å². The second-order valence-corrected chi connectivity index (χ2v) is 36.4. The summed E-state index contributed by atoms with van der Waals surface area (Å²) in [7, 11) is 0. The van der Waals surface area contributed by atoms with Gasteiger partial charge in [0.1, 0.15) is 0 Å². The first-order valence-corrected chi connectivity index (χ1v) is 45.5. The van der Waals surface area contributed by atoms with Gasteiger partial charge < -0.3 is 19.3 Å². The van der Waals surface area contributed by atoms with E-state index in [1.54, 1.807) is 0 Å². The summed E-state index contributed by atoms with van der Waals surface area (Å²) in [6.07, 6.45) is 0. The third-order valence-corrected chi connectivity index (χ3v) is 27.6. The van der Waals surface area contributed by atoms with Crippen molar-refractivity contribution in [2.45, 2.75) is 57.8 Å². The maximum absolute atomic E-state index is 5.28. The molecule has 3 aliphatic rings. The van der Waals surface area contributed by atoms with Crippen LogP contribution in [0.3, 0.4) is 0 Å². The quantitative estimate of drug-likeness (QED) is 0.108. The van der Waals surface area contributed by atoms with E-state index in [1.165, 1.54) is 133 Å². The molecule has 0 aliphatic heterocycles. The number of benzene rings is 19. The first kappa shape index (κ1) is 79.4. The lowest BCUT2D eigenvalue weighted by atomic mass is 9.82. The van der Waals surface area contributed by atoms with E-state index in [0.29, 0.717) is 0 Å². The Hall–Kier alpha value is -16.3. The number of aromatic nitrogens is 3. The minimum absolute atomic E-state index is 0.0479. The van der Waals surface area contributed by atoms with Crippen molar-refractivity contribution in [1.29, 1.82) is 0 Å². The Kier molecular flexibility index (Phi) is 19.5. The Morgan fingerprint density at radius 1 is 0.191 bits per heavy atom. The molecule has 0 saturated carbocycles. The van der Waals surface area contributed by atoms with E-state index in [0.717, 1.165) is 89.8 Å². The van der Waals surface area contributed by atoms with Crippen LogP contribution in [0.1, 0.15) is 74.9 Å². The van der Waals surface area contributed by atoms with Gasteiger partial charge in [-0.05, 0) is 257 Å². The number of nitrogens with zero attached hydrogens (tertiary/aromatic N) is 6. The van der Waals surface area contributed by atoms with Crippen LogP contribution in [0.2, 0.25) is 0 Å². The molecule has 3 heterocycles. The van der Waals surface area contributed by atoms with Gasteiger partial charge in [0.15, 0.2) is 0 Å². The lowest BCUT2D eigenvalue weighted by Crippen LogP contribution is -2.17. The number of anilines is 9. The van der Waals surface area contributed by atoms with Crippen molar-refractivity contribution in [3.05, 3.63) is 494 Å². The van der Waals surface area contributed by atoms with Gasteiger partial charge in [-0.3, -0.25) is 0 Å². The van der Waals surface area contributed by atoms with Crippen molar-refractivity contribution >= 4 is 116 Å². The summed E-state index contributed by atoms with van der Waals surface area (Å²) >= 11 is 0. The van der Waals surface area contributed by atoms with Gasteiger partial charge >= 0.3 is 0 Å². The Morgan fingerprint density at radius 2 is 0.473 bits per heavy atom. The molecule has 22 aromatic rings. The topological polar surface area (TPSA) is 40.4 Å². The van der Waals surface area contributed by atoms with E-state index in [2.05, 4.69) is 522 Å². The maximum Gasteiger partial charge on any atom is 0.0972 e. The molecule has 6 heteroatoms. The molecule has 3 aliphatic carbocycles. The second kappa shape index (κ2) is 32.2. The molecule has 0 bridgehead atoms. The number of para-hydroxylation sites is 6. The summed E-state index contributed by atoms with van der Waals surface area (Å²) in [6, 6.07) is 166. The van der Waals surface area contributed by atoms with Crippen LogP contribution < -0.4 is 14.7 Å². The SMILES string of the molecule is CC1(C)c2cc(N(c3ccccc3)c3ccccc3)ccc2-c2ccc(-n3c4ccccc4c4ccccc43)cc21.CC1(C)c2ccccc2-c2ccc(-c3ccc4ccc5ccc(-c6ccc7c(c6)C(C)(C)c6ccccc6-7)nc5c4n3)cc21.c1ccc(N(c2ccc(-c3ccc(N(c4ccccc4)c4ccc5ccccc5c4)cc3)cc2)c2ccc3ccccc3c2)cc1. The first-order chi connectivity index (χ1) is 64.2. The molecule has 6 nitrogen and oxygen atoms in total. The van der Waals surface area contributed by atoms with Crippen LogP contribution in [0, 0.1) is 0 Å². The summed E-state index contributed by atoms with van der Waals surface area (Å²) in [5.74, 6) is 0.